The van der Waals surface area contributed by atoms with Crippen molar-refractivity contribution < 1.29 is 31.9 Å². The number of anilines is 1. The summed E-state index contributed by atoms with van der Waals surface area (Å²) in [5.74, 6) is -7.07. The van der Waals surface area contributed by atoms with Crippen LogP contribution in [0.1, 0.15) is 40.1 Å². The minimum Gasteiger partial charge on any atom is -0.338 e. The maximum absolute atomic E-state index is 14.0. The van der Waals surface area contributed by atoms with Crippen LogP contribution in [0.3, 0.4) is 0 Å². The second-order valence-corrected chi connectivity index (χ2v) is 7.00. The van der Waals surface area contributed by atoms with E-state index < -0.39 is 17.9 Å². The third-order valence-corrected chi connectivity index (χ3v) is 5.46. The van der Waals surface area contributed by atoms with Crippen molar-refractivity contribution in [2.45, 2.75) is 38.2 Å². The first-order chi connectivity index (χ1) is 12.6. The molecule has 1 aromatic rings. The number of rotatable bonds is 4. The van der Waals surface area contributed by atoms with Crippen molar-refractivity contribution in [3.63, 3.8) is 0 Å². The molecule has 2 heterocycles. The van der Waals surface area contributed by atoms with E-state index in [-0.39, 0.29) is 26.9 Å². The molecule has 2 rings (SSSR count). The Hall–Kier alpha value is -2.19. The van der Waals surface area contributed by atoms with Gasteiger partial charge in [-0.15, -0.1) is 11.3 Å². The van der Waals surface area contributed by atoms with E-state index in [0.29, 0.717) is 31.5 Å². The number of nitriles is 1. The van der Waals surface area contributed by atoms with Crippen molar-refractivity contribution in [2.24, 2.45) is 0 Å². The Morgan fingerprint density at radius 1 is 1.22 bits per heavy atom. The molecular weight excluding hydrogens is 390 g/mol. The number of methoxy groups -OCH3 is 1. The third kappa shape index (κ3) is 3.91. The zero-order valence-corrected chi connectivity index (χ0v) is 15.4. The number of hydrogen-bond donors (Lipinski definition) is 1. The van der Waals surface area contributed by atoms with E-state index in [1.165, 1.54) is 6.92 Å². The number of carbonyl (C=O) groups is 2. The summed E-state index contributed by atoms with van der Waals surface area (Å²) < 4.78 is 56.2. The van der Waals surface area contributed by atoms with Gasteiger partial charge in [-0.05, 0) is 31.7 Å². The fourth-order valence-corrected chi connectivity index (χ4v) is 3.82. The molecular formula is C16H17F4N3O3S. The van der Waals surface area contributed by atoms with Gasteiger partial charge in [0.25, 0.3) is 5.91 Å². The minimum atomic E-state index is -5.61. The SMILES string of the molecule is COC(F)(C(=O)Nc1sc(C(=O)N2CCCCC2)c(C)c1C#N)C(F)(F)F. The molecule has 1 aliphatic heterocycles. The van der Waals surface area contributed by atoms with Crippen molar-refractivity contribution in [3.05, 3.63) is 16.0 Å². The number of halogens is 4. The van der Waals surface area contributed by atoms with Crippen molar-refractivity contribution in [1.29, 1.82) is 5.26 Å². The summed E-state index contributed by atoms with van der Waals surface area (Å²) in [5, 5.41) is 10.7. The van der Waals surface area contributed by atoms with E-state index in [9.17, 15) is 32.4 Å². The number of amides is 2. The predicted octanol–water partition coefficient (Wildman–Crippen LogP) is 3.37. The fraction of sp³-hybridized carbons (Fsp3) is 0.562. The van der Waals surface area contributed by atoms with Crippen LogP contribution in [0.15, 0.2) is 0 Å². The topological polar surface area (TPSA) is 82.4 Å². The van der Waals surface area contributed by atoms with E-state index >= 15 is 0 Å². The van der Waals surface area contributed by atoms with Crippen LogP contribution in [0.5, 0.6) is 0 Å². The van der Waals surface area contributed by atoms with E-state index in [2.05, 4.69) is 4.74 Å². The molecule has 0 saturated carbocycles. The number of ether oxygens (including phenoxy) is 1. The molecule has 0 bridgehead atoms. The van der Waals surface area contributed by atoms with Gasteiger partial charge >= 0.3 is 17.9 Å². The summed E-state index contributed by atoms with van der Waals surface area (Å²) in [7, 11) is 0.406. The average Bonchev–Trinajstić information content (AvgIpc) is 2.95. The highest BCUT2D eigenvalue weighted by Crippen LogP contribution is 2.38. The first-order valence-corrected chi connectivity index (χ1v) is 8.83. The van der Waals surface area contributed by atoms with Gasteiger partial charge in [-0.1, -0.05) is 0 Å². The van der Waals surface area contributed by atoms with E-state index in [1.807, 2.05) is 0 Å². The summed E-state index contributed by atoms with van der Waals surface area (Å²) in [4.78, 5) is 26.2. The van der Waals surface area contributed by atoms with Gasteiger partial charge in [0.05, 0.1) is 10.4 Å². The van der Waals surface area contributed by atoms with Crippen LogP contribution in [0.2, 0.25) is 0 Å². The molecule has 148 valence electrons. The fourth-order valence-electron chi connectivity index (χ4n) is 2.70. The molecule has 1 aliphatic rings. The molecule has 1 saturated heterocycles. The van der Waals surface area contributed by atoms with Gasteiger partial charge in [0.1, 0.15) is 11.1 Å². The molecule has 1 fully saturated rings. The lowest BCUT2D eigenvalue weighted by Crippen LogP contribution is -2.52. The molecule has 2 amide bonds. The van der Waals surface area contributed by atoms with Crippen molar-refractivity contribution >= 4 is 28.2 Å². The average molecular weight is 407 g/mol. The van der Waals surface area contributed by atoms with Gasteiger partial charge in [-0.3, -0.25) is 9.59 Å². The van der Waals surface area contributed by atoms with Crippen LogP contribution >= 0.6 is 11.3 Å². The zero-order valence-electron chi connectivity index (χ0n) is 14.6. The summed E-state index contributed by atoms with van der Waals surface area (Å²) in [6.45, 7) is 2.51. The molecule has 1 N–H and O–H groups in total. The van der Waals surface area contributed by atoms with Crippen LogP contribution in [0, 0.1) is 18.3 Å². The Labute approximate surface area is 156 Å². The quantitative estimate of drug-likeness (QED) is 0.776. The maximum atomic E-state index is 14.0. The smallest absolute Gasteiger partial charge is 0.338 e. The van der Waals surface area contributed by atoms with E-state index in [4.69, 9.17) is 0 Å². The van der Waals surface area contributed by atoms with E-state index in [0.717, 1.165) is 19.3 Å². The lowest BCUT2D eigenvalue weighted by molar-refractivity contribution is -0.305. The summed E-state index contributed by atoms with van der Waals surface area (Å²) >= 11 is 0.643. The number of thiophene rings is 1. The Balaban J connectivity index is 2.34. The lowest BCUT2D eigenvalue weighted by Gasteiger charge is -2.26. The summed E-state index contributed by atoms with van der Waals surface area (Å²) in [6.07, 6.45) is -2.97. The number of piperidine rings is 1. The van der Waals surface area contributed by atoms with Crippen LogP contribution in [-0.2, 0) is 9.53 Å². The highest BCUT2D eigenvalue weighted by Gasteiger charge is 2.63. The van der Waals surface area contributed by atoms with Gasteiger partial charge in [0.15, 0.2) is 0 Å². The predicted molar refractivity (Wildman–Crippen MR) is 89.1 cm³/mol. The molecule has 0 aromatic carbocycles. The van der Waals surface area contributed by atoms with Crippen LogP contribution in [0.25, 0.3) is 0 Å². The molecule has 0 radical (unpaired) electrons. The molecule has 1 aromatic heterocycles. The second kappa shape index (κ2) is 7.82. The first-order valence-electron chi connectivity index (χ1n) is 8.01. The van der Waals surface area contributed by atoms with Gasteiger partial charge < -0.3 is 15.0 Å². The van der Waals surface area contributed by atoms with Crippen molar-refractivity contribution in [3.8, 4) is 6.07 Å². The van der Waals surface area contributed by atoms with Gasteiger partial charge in [-0.2, -0.15) is 22.8 Å². The Morgan fingerprint density at radius 3 is 2.30 bits per heavy atom. The second-order valence-electron chi connectivity index (χ2n) is 5.98. The highest BCUT2D eigenvalue weighted by atomic mass is 32.1. The van der Waals surface area contributed by atoms with Crippen molar-refractivity contribution in [2.75, 3.05) is 25.5 Å². The van der Waals surface area contributed by atoms with Gasteiger partial charge in [0.2, 0.25) is 0 Å². The number of nitrogens with zero attached hydrogens (tertiary/aromatic N) is 2. The number of hydrogen-bond acceptors (Lipinski definition) is 5. The number of nitrogens with one attached hydrogen (secondary N) is 1. The van der Waals surface area contributed by atoms with Gasteiger partial charge in [-0.25, -0.2) is 0 Å². The number of carbonyl (C=O) groups excluding carboxylic acids is 2. The molecule has 1 unspecified atom stereocenters. The highest BCUT2D eigenvalue weighted by molar-refractivity contribution is 7.18. The Kier molecular flexibility index (Phi) is 6.11. The molecule has 11 heteroatoms. The Bertz CT molecular complexity index is 781. The summed E-state index contributed by atoms with van der Waals surface area (Å²) in [6, 6.07) is 1.74. The van der Waals surface area contributed by atoms with Gasteiger partial charge in [0, 0.05) is 20.2 Å². The van der Waals surface area contributed by atoms with Crippen LogP contribution in [0.4, 0.5) is 22.6 Å². The molecule has 0 aliphatic carbocycles. The lowest BCUT2D eigenvalue weighted by atomic mass is 10.1. The van der Waals surface area contributed by atoms with Crippen molar-refractivity contribution in [1.82, 2.24) is 4.90 Å². The minimum absolute atomic E-state index is 0.123. The number of likely N-dealkylation sites (tertiary alicyclic amines) is 1. The van der Waals surface area contributed by atoms with Crippen LogP contribution < -0.4 is 5.32 Å². The maximum Gasteiger partial charge on any atom is 0.458 e. The Morgan fingerprint density at radius 2 is 1.81 bits per heavy atom. The normalized spacial score (nSPS) is 17.1. The molecule has 6 nitrogen and oxygen atoms in total. The monoisotopic (exact) mass is 407 g/mol. The van der Waals surface area contributed by atoms with Crippen LogP contribution in [-0.4, -0.2) is 48.9 Å². The standard InChI is InChI=1S/C16H17F4N3O3S/c1-9-10(8-21)12(22-14(25)15(17,26-2)16(18,19)20)27-11(9)13(24)23-6-4-3-5-7-23/h3-7H2,1-2H3,(H,22,25). The molecule has 0 spiro atoms. The zero-order chi connectivity index (χ0) is 20.4. The summed E-state index contributed by atoms with van der Waals surface area (Å²) in [5.41, 5.74) is 0.0385. The number of alkyl halides is 4. The molecule has 27 heavy (non-hydrogen) atoms. The van der Waals surface area contributed by atoms with E-state index in [1.54, 1.807) is 16.3 Å². The largest absolute Gasteiger partial charge is 0.458 e. The molecule has 1 atom stereocenters. The first kappa shape index (κ1) is 21.1. The third-order valence-electron chi connectivity index (χ3n) is 4.26.